The molecule has 2 rings (SSSR count). The van der Waals surface area contributed by atoms with Crippen LogP contribution in [0.2, 0.25) is 0 Å². The first-order valence-electron chi connectivity index (χ1n) is 10.1. The van der Waals surface area contributed by atoms with E-state index in [4.69, 9.17) is 4.74 Å². The van der Waals surface area contributed by atoms with Gasteiger partial charge in [-0.05, 0) is 43.0 Å². The highest BCUT2D eigenvalue weighted by atomic mass is 19.1. The standard InChI is InChI=1S/C23H30F2N2O3/c1-16(15-30-2)26-14-22(28)21(12-18-10-19(24)13-20(25)11-18)27-23(29)9-8-17-6-4-3-5-7-17/h3-7,10-11,13,16,21-22,26,28H,8-9,12,14-15H2,1-2H3,(H,27,29). The summed E-state index contributed by atoms with van der Waals surface area (Å²) in [4.78, 5) is 12.5. The number of aliphatic hydroxyl groups excluding tert-OH is 1. The zero-order valence-electron chi connectivity index (χ0n) is 17.4. The monoisotopic (exact) mass is 420 g/mol. The van der Waals surface area contributed by atoms with Gasteiger partial charge in [-0.2, -0.15) is 0 Å². The van der Waals surface area contributed by atoms with Crippen molar-refractivity contribution in [2.24, 2.45) is 0 Å². The van der Waals surface area contributed by atoms with Crippen LogP contribution in [-0.4, -0.2) is 49.5 Å². The van der Waals surface area contributed by atoms with Crippen molar-refractivity contribution in [3.05, 3.63) is 71.3 Å². The van der Waals surface area contributed by atoms with Gasteiger partial charge in [0.1, 0.15) is 11.6 Å². The Hall–Kier alpha value is -2.35. The van der Waals surface area contributed by atoms with Gasteiger partial charge in [0.25, 0.3) is 0 Å². The van der Waals surface area contributed by atoms with Gasteiger partial charge < -0.3 is 20.5 Å². The van der Waals surface area contributed by atoms with Gasteiger partial charge >= 0.3 is 0 Å². The first-order valence-corrected chi connectivity index (χ1v) is 10.1. The summed E-state index contributed by atoms with van der Waals surface area (Å²) in [6.07, 6.45) is -0.0325. The molecule has 0 aliphatic carbocycles. The second-order valence-electron chi connectivity index (χ2n) is 7.47. The molecule has 30 heavy (non-hydrogen) atoms. The van der Waals surface area contributed by atoms with Gasteiger partial charge in [-0.1, -0.05) is 30.3 Å². The molecule has 0 spiro atoms. The number of carbonyl (C=O) groups is 1. The fraction of sp³-hybridized carbons (Fsp3) is 0.435. The van der Waals surface area contributed by atoms with Gasteiger partial charge in [-0.15, -0.1) is 0 Å². The Morgan fingerprint density at radius 2 is 1.77 bits per heavy atom. The highest BCUT2D eigenvalue weighted by Crippen LogP contribution is 2.12. The van der Waals surface area contributed by atoms with Crippen molar-refractivity contribution in [2.75, 3.05) is 20.3 Å². The number of hydrogen-bond donors (Lipinski definition) is 3. The van der Waals surface area contributed by atoms with Crippen LogP contribution < -0.4 is 10.6 Å². The summed E-state index contributed by atoms with van der Waals surface area (Å²) in [6.45, 7) is 2.58. The van der Waals surface area contributed by atoms with Gasteiger partial charge in [0.05, 0.1) is 18.8 Å². The average molecular weight is 421 g/mol. The average Bonchev–Trinajstić information content (AvgIpc) is 2.70. The number of hydrogen-bond acceptors (Lipinski definition) is 4. The van der Waals surface area contributed by atoms with E-state index in [1.807, 2.05) is 37.3 Å². The Bertz CT molecular complexity index is 769. The number of amides is 1. The summed E-state index contributed by atoms with van der Waals surface area (Å²) >= 11 is 0. The molecule has 2 aromatic carbocycles. The molecule has 3 atom stereocenters. The van der Waals surface area contributed by atoms with Gasteiger partial charge in [0, 0.05) is 32.2 Å². The highest BCUT2D eigenvalue weighted by molar-refractivity contribution is 5.76. The van der Waals surface area contributed by atoms with E-state index in [-0.39, 0.29) is 31.3 Å². The molecular weight excluding hydrogens is 390 g/mol. The van der Waals surface area contributed by atoms with Gasteiger partial charge in [0.2, 0.25) is 5.91 Å². The summed E-state index contributed by atoms with van der Waals surface area (Å²) in [7, 11) is 1.59. The van der Waals surface area contributed by atoms with Crippen LogP contribution >= 0.6 is 0 Å². The van der Waals surface area contributed by atoms with Crippen LogP contribution in [0.1, 0.15) is 24.5 Å². The first-order chi connectivity index (χ1) is 14.4. The SMILES string of the molecule is COCC(C)NCC(O)C(Cc1cc(F)cc(F)c1)NC(=O)CCc1ccccc1. The number of rotatable bonds is 12. The van der Waals surface area contributed by atoms with Crippen LogP contribution in [0.4, 0.5) is 8.78 Å². The smallest absolute Gasteiger partial charge is 0.220 e. The summed E-state index contributed by atoms with van der Waals surface area (Å²) in [5.74, 6) is -1.62. The maximum atomic E-state index is 13.6. The number of ether oxygens (including phenoxy) is 1. The van der Waals surface area contributed by atoms with Crippen molar-refractivity contribution in [3.8, 4) is 0 Å². The molecule has 5 nitrogen and oxygen atoms in total. The molecule has 0 saturated carbocycles. The zero-order chi connectivity index (χ0) is 21.9. The van der Waals surface area contributed by atoms with E-state index >= 15 is 0 Å². The highest BCUT2D eigenvalue weighted by Gasteiger charge is 2.23. The number of nitrogens with one attached hydrogen (secondary N) is 2. The van der Waals surface area contributed by atoms with Crippen molar-refractivity contribution in [1.82, 2.24) is 10.6 Å². The lowest BCUT2D eigenvalue weighted by atomic mass is 10.00. The first kappa shape index (κ1) is 23.9. The normalized spacial score (nSPS) is 14.2. The van der Waals surface area contributed by atoms with Crippen LogP contribution in [0.3, 0.4) is 0 Å². The second kappa shape index (κ2) is 12.4. The zero-order valence-corrected chi connectivity index (χ0v) is 17.4. The molecule has 0 saturated heterocycles. The molecule has 0 aliphatic heterocycles. The lowest BCUT2D eigenvalue weighted by Crippen LogP contribution is -2.50. The van der Waals surface area contributed by atoms with Crippen molar-refractivity contribution >= 4 is 5.91 Å². The quantitative estimate of drug-likeness (QED) is 0.494. The van der Waals surface area contributed by atoms with Crippen LogP contribution in [0, 0.1) is 11.6 Å². The largest absolute Gasteiger partial charge is 0.390 e. The Kier molecular flexibility index (Phi) is 9.86. The predicted octanol–water partition coefficient (Wildman–Crippen LogP) is 2.61. The second-order valence-corrected chi connectivity index (χ2v) is 7.47. The summed E-state index contributed by atoms with van der Waals surface area (Å²) < 4.78 is 32.2. The van der Waals surface area contributed by atoms with Crippen molar-refractivity contribution < 1.29 is 23.4 Å². The van der Waals surface area contributed by atoms with E-state index in [2.05, 4.69) is 10.6 Å². The Labute approximate surface area is 176 Å². The minimum absolute atomic E-state index is 0.00527. The molecule has 0 heterocycles. The van der Waals surface area contributed by atoms with Crippen molar-refractivity contribution in [1.29, 1.82) is 0 Å². The van der Waals surface area contributed by atoms with Gasteiger partial charge in [0.15, 0.2) is 0 Å². The third-order valence-electron chi connectivity index (χ3n) is 4.76. The van der Waals surface area contributed by atoms with E-state index in [9.17, 15) is 18.7 Å². The topological polar surface area (TPSA) is 70.6 Å². The molecule has 1 amide bonds. The summed E-state index contributed by atoms with van der Waals surface area (Å²) in [5.41, 5.74) is 1.40. The third-order valence-corrected chi connectivity index (χ3v) is 4.76. The summed E-state index contributed by atoms with van der Waals surface area (Å²) in [5, 5.41) is 16.6. The van der Waals surface area contributed by atoms with Crippen molar-refractivity contribution in [2.45, 2.75) is 44.4 Å². The number of benzene rings is 2. The number of aliphatic hydroxyl groups is 1. The van der Waals surface area contributed by atoms with E-state index in [0.717, 1.165) is 11.6 Å². The Balaban J connectivity index is 2.02. The molecule has 0 bridgehead atoms. The van der Waals surface area contributed by atoms with Crippen LogP contribution in [0.15, 0.2) is 48.5 Å². The Morgan fingerprint density at radius 3 is 2.40 bits per heavy atom. The molecule has 7 heteroatoms. The maximum Gasteiger partial charge on any atom is 0.220 e. The lowest BCUT2D eigenvalue weighted by molar-refractivity contribution is -0.122. The van der Waals surface area contributed by atoms with E-state index in [0.29, 0.717) is 18.6 Å². The molecule has 164 valence electrons. The van der Waals surface area contributed by atoms with E-state index in [1.54, 1.807) is 7.11 Å². The molecule has 0 fully saturated rings. The van der Waals surface area contributed by atoms with E-state index < -0.39 is 23.8 Å². The molecular formula is C23H30F2N2O3. The lowest BCUT2D eigenvalue weighted by Gasteiger charge is -2.26. The van der Waals surface area contributed by atoms with Crippen LogP contribution in [0.5, 0.6) is 0 Å². The molecule has 0 aromatic heterocycles. The predicted molar refractivity (Wildman–Crippen MR) is 112 cm³/mol. The molecule has 3 unspecified atom stereocenters. The maximum absolute atomic E-state index is 13.6. The fourth-order valence-electron chi connectivity index (χ4n) is 3.22. The molecule has 0 aliphatic rings. The molecule has 2 aromatic rings. The molecule has 3 N–H and O–H groups in total. The minimum atomic E-state index is -0.948. The Morgan fingerprint density at radius 1 is 1.10 bits per heavy atom. The van der Waals surface area contributed by atoms with Gasteiger partial charge in [-0.3, -0.25) is 4.79 Å². The summed E-state index contributed by atoms with van der Waals surface area (Å²) in [6, 6.07) is 12.1. The number of carbonyl (C=O) groups excluding carboxylic acids is 1. The van der Waals surface area contributed by atoms with Crippen LogP contribution in [0.25, 0.3) is 0 Å². The van der Waals surface area contributed by atoms with E-state index in [1.165, 1.54) is 12.1 Å². The van der Waals surface area contributed by atoms with Gasteiger partial charge in [-0.25, -0.2) is 8.78 Å². The fourth-order valence-corrected chi connectivity index (χ4v) is 3.22. The van der Waals surface area contributed by atoms with Crippen molar-refractivity contribution in [3.63, 3.8) is 0 Å². The van der Waals surface area contributed by atoms with Crippen LogP contribution in [-0.2, 0) is 22.4 Å². The molecule has 0 radical (unpaired) electrons. The minimum Gasteiger partial charge on any atom is -0.390 e. The third kappa shape index (κ3) is 8.57. The number of methoxy groups -OCH3 is 1. The number of halogens is 2. The number of aryl methyl sites for hydroxylation is 1.